The van der Waals surface area contributed by atoms with Gasteiger partial charge in [0, 0.05) is 5.54 Å². The Morgan fingerprint density at radius 3 is 2.20 bits per heavy atom. The largest absolute Gasteiger partial charge is 0.316 e. The van der Waals surface area contributed by atoms with E-state index in [-0.39, 0.29) is 23.1 Å². The van der Waals surface area contributed by atoms with Gasteiger partial charge in [0.1, 0.15) is 0 Å². The van der Waals surface area contributed by atoms with Crippen LogP contribution in [0.4, 0.5) is 0 Å². The summed E-state index contributed by atoms with van der Waals surface area (Å²) in [5.74, 6) is 0. The molecule has 0 radical (unpaired) electrons. The molecule has 0 amide bonds. The van der Waals surface area contributed by atoms with Gasteiger partial charge < -0.3 is 0 Å². The van der Waals surface area contributed by atoms with Crippen molar-refractivity contribution in [2.75, 3.05) is 0 Å². The molecule has 0 atom stereocenters. The Kier molecular flexibility index (Phi) is 5.78. The summed E-state index contributed by atoms with van der Waals surface area (Å²) in [7, 11) is 0. The topological polar surface area (TPSA) is 0 Å². The van der Waals surface area contributed by atoms with Gasteiger partial charge in [-0.2, -0.15) is 0 Å². The Morgan fingerprint density at radius 1 is 1.10 bits per heavy atom. The Morgan fingerprint density at radius 2 is 1.70 bits per heavy atom. The molecule has 1 rings (SSSR count). The van der Waals surface area contributed by atoms with Gasteiger partial charge in [-0.05, 0) is 11.6 Å². The van der Waals surface area contributed by atoms with E-state index in [0.717, 1.165) is 5.56 Å². The van der Waals surface area contributed by atoms with Crippen molar-refractivity contribution < 1.29 is 0 Å². The Bertz CT molecular complexity index is 194. The highest BCUT2D eigenvalue weighted by molar-refractivity contribution is 6.27. The van der Waals surface area contributed by atoms with Crippen molar-refractivity contribution in [1.29, 1.82) is 0 Å². The summed E-state index contributed by atoms with van der Waals surface area (Å²) in [4.78, 5) is 0. The van der Waals surface area contributed by atoms with E-state index in [4.69, 9.17) is 11.6 Å². The van der Waals surface area contributed by atoms with Crippen molar-refractivity contribution in [2.24, 2.45) is 0 Å². The van der Waals surface area contributed by atoms with Crippen molar-refractivity contribution in [3.05, 3.63) is 41.4 Å². The second-order valence-corrected chi connectivity index (χ2v) is 1.96. The molecule has 0 bridgehead atoms. The molecule has 0 aromatic heterocycles. The van der Waals surface area contributed by atoms with Gasteiger partial charge in [-0.25, -0.2) is 0 Å². The zero-order valence-corrected chi connectivity index (χ0v) is 5.68. The summed E-state index contributed by atoms with van der Waals surface area (Å²) < 4.78 is 0. The van der Waals surface area contributed by atoms with Crippen molar-refractivity contribution in [3.8, 4) is 0 Å². The van der Waals surface area contributed by atoms with E-state index >= 15 is 0 Å². The maximum atomic E-state index is 5.36. The van der Waals surface area contributed by atoms with E-state index in [0.29, 0.717) is 0 Å². The number of hydrogen-bond acceptors (Lipinski definition) is 0. The lowest BCUT2D eigenvalue weighted by atomic mass is 10.2. The molecule has 1 aromatic rings. The number of halogens is 1. The zero-order chi connectivity index (χ0) is 6.53. The smallest absolute Gasteiger partial charge is 0.0929 e. The van der Waals surface area contributed by atoms with Gasteiger partial charge in [-0.3, -0.25) is 0 Å². The van der Waals surface area contributed by atoms with E-state index in [1.54, 1.807) is 0 Å². The Hall–Kier alpha value is 0.0162. The summed E-state index contributed by atoms with van der Waals surface area (Å²) in [6.45, 7) is 0. The molecular formula is C8H9ClMg. The molecule has 0 aliphatic carbocycles. The van der Waals surface area contributed by atoms with E-state index in [9.17, 15) is 0 Å². The molecular weight excluding hydrogens is 156 g/mol. The lowest BCUT2D eigenvalue weighted by molar-refractivity contribution is 1.66. The molecule has 0 saturated heterocycles. The van der Waals surface area contributed by atoms with Crippen molar-refractivity contribution in [3.63, 3.8) is 0 Å². The van der Waals surface area contributed by atoms with Crippen LogP contribution in [0.1, 0.15) is 5.56 Å². The summed E-state index contributed by atoms with van der Waals surface area (Å²) in [6.07, 6.45) is 1.85. The summed E-state index contributed by atoms with van der Waals surface area (Å²) in [5, 5.41) is 0. The fraction of sp³-hybridized carbons (Fsp3) is 0. The van der Waals surface area contributed by atoms with Crippen LogP contribution in [0.5, 0.6) is 0 Å². The molecule has 0 saturated carbocycles. The van der Waals surface area contributed by atoms with Gasteiger partial charge in [0.05, 0.1) is 0 Å². The quantitative estimate of drug-likeness (QED) is 0.558. The normalized spacial score (nSPS) is 9.30. The van der Waals surface area contributed by atoms with Gasteiger partial charge in [-0.15, -0.1) is 0 Å². The molecule has 0 unspecified atom stereocenters. The van der Waals surface area contributed by atoms with E-state index in [1.165, 1.54) is 5.54 Å². The standard InChI is InChI=1S/C8H7Cl.Mg.2H/c9-7-6-8-4-2-1-3-5-8;;;/h1-7H;;;/b7-6+;;;. The maximum Gasteiger partial charge on any atom is 0.316 e. The van der Waals surface area contributed by atoms with Crippen LogP contribution in [0.25, 0.3) is 6.08 Å². The van der Waals surface area contributed by atoms with E-state index in [1.807, 2.05) is 36.4 Å². The average Bonchev–Trinajstić information content (AvgIpc) is 1.91. The molecule has 0 heterocycles. The predicted octanol–water partition coefficient (Wildman–Crippen LogP) is 1.98. The fourth-order valence-electron chi connectivity index (χ4n) is 0.637. The minimum atomic E-state index is 0. The van der Waals surface area contributed by atoms with Crippen LogP contribution < -0.4 is 0 Å². The van der Waals surface area contributed by atoms with Gasteiger partial charge in [0.25, 0.3) is 0 Å². The molecule has 1 aromatic carbocycles. The van der Waals surface area contributed by atoms with E-state index in [2.05, 4.69) is 0 Å². The van der Waals surface area contributed by atoms with Gasteiger partial charge >= 0.3 is 23.1 Å². The Balaban J connectivity index is 0.000000810. The molecule has 10 heavy (non-hydrogen) atoms. The van der Waals surface area contributed by atoms with Crippen LogP contribution in [-0.2, 0) is 0 Å². The molecule has 0 aliphatic heterocycles. The minimum Gasteiger partial charge on any atom is -0.0929 e. The molecule has 0 aliphatic rings. The first-order chi connectivity index (χ1) is 4.43. The third-order valence-corrected chi connectivity index (χ3v) is 1.18. The van der Waals surface area contributed by atoms with Crippen molar-refractivity contribution in [2.45, 2.75) is 0 Å². The van der Waals surface area contributed by atoms with Crippen LogP contribution >= 0.6 is 11.6 Å². The van der Waals surface area contributed by atoms with Crippen LogP contribution in [0.2, 0.25) is 0 Å². The number of rotatable bonds is 1. The van der Waals surface area contributed by atoms with Crippen LogP contribution in [0, 0.1) is 0 Å². The van der Waals surface area contributed by atoms with Crippen LogP contribution in [0.15, 0.2) is 35.9 Å². The second kappa shape index (κ2) is 5.78. The van der Waals surface area contributed by atoms with Crippen molar-refractivity contribution in [1.82, 2.24) is 0 Å². The third-order valence-electron chi connectivity index (χ3n) is 1.06. The molecule has 0 fully saturated rings. The summed E-state index contributed by atoms with van der Waals surface area (Å²) in [6, 6.07) is 9.93. The molecule has 0 N–H and O–H groups in total. The maximum absolute atomic E-state index is 5.36. The third kappa shape index (κ3) is 3.25. The zero-order valence-electron chi connectivity index (χ0n) is 4.92. The summed E-state index contributed by atoms with van der Waals surface area (Å²) >= 11 is 5.36. The first-order valence-electron chi connectivity index (χ1n) is 2.75. The van der Waals surface area contributed by atoms with E-state index < -0.39 is 0 Å². The molecule has 0 nitrogen and oxygen atoms in total. The predicted molar refractivity (Wildman–Crippen MR) is 49.9 cm³/mol. The SMILES string of the molecule is Cl/C=C/c1ccccc1.[MgH2]. The number of benzene rings is 1. The minimum absolute atomic E-state index is 0. The molecule has 2 heteroatoms. The van der Waals surface area contributed by atoms with Crippen LogP contribution in [0.3, 0.4) is 0 Å². The lowest BCUT2D eigenvalue weighted by Gasteiger charge is -1.86. The lowest BCUT2D eigenvalue weighted by Crippen LogP contribution is -1.64. The monoisotopic (exact) mass is 164 g/mol. The van der Waals surface area contributed by atoms with Gasteiger partial charge in [0.2, 0.25) is 0 Å². The highest BCUT2D eigenvalue weighted by Crippen LogP contribution is 2.00. The highest BCUT2D eigenvalue weighted by Gasteiger charge is 1.78. The van der Waals surface area contributed by atoms with Gasteiger partial charge in [-0.1, -0.05) is 41.9 Å². The number of hydrogen-bond donors (Lipinski definition) is 0. The second-order valence-electron chi connectivity index (χ2n) is 1.70. The average molecular weight is 165 g/mol. The first-order valence-corrected chi connectivity index (χ1v) is 3.19. The fourth-order valence-corrected chi connectivity index (χ4v) is 0.782. The highest BCUT2D eigenvalue weighted by atomic mass is 35.5. The first kappa shape index (κ1) is 10.0. The van der Waals surface area contributed by atoms with Gasteiger partial charge in [0.15, 0.2) is 0 Å². The molecule has 0 spiro atoms. The van der Waals surface area contributed by atoms with Crippen molar-refractivity contribution >= 4 is 40.7 Å². The molecule has 50 valence electrons. The Labute approximate surface area is 82.0 Å². The van der Waals surface area contributed by atoms with Crippen LogP contribution in [-0.4, -0.2) is 23.1 Å². The summed E-state index contributed by atoms with van der Waals surface area (Å²) in [5.41, 5.74) is 2.64.